The zero-order valence-corrected chi connectivity index (χ0v) is 20.7. The first-order valence-corrected chi connectivity index (χ1v) is 13.2. The summed E-state index contributed by atoms with van der Waals surface area (Å²) in [6.07, 6.45) is 11.9. The molecule has 1 aliphatic carbocycles. The molecule has 2 heterocycles. The van der Waals surface area contributed by atoms with E-state index >= 15 is 0 Å². The number of aryl methyl sites for hydroxylation is 1. The van der Waals surface area contributed by atoms with Gasteiger partial charge in [0, 0.05) is 24.8 Å². The minimum Gasteiger partial charge on any atom is -0.490 e. The van der Waals surface area contributed by atoms with Crippen LogP contribution in [0.4, 0.5) is 4.39 Å². The molecular formula is C27H37FN4O3. The maximum atomic E-state index is 14.3. The van der Waals surface area contributed by atoms with Gasteiger partial charge in [0.15, 0.2) is 11.6 Å². The number of ether oxygens (including phenoxy) is 1. The van der Waals surface area contributed by atoms with E-state index in [2.05, 4.69) is 22.6 Å². The van der Waals surface area contributed by atoms with Crippen LogP contribution in [0.15, 0.2) is 24.4 Å². The standard InChI is InChI=1S/C27H37FN4O3/c1-2-6-22(21-11-13-24(28)25(15-21)35-18-19-9-10-19)17-32-23(16-29-31-32)8-5-3-4-7-20-12-14-26(33)30-27(20)34/h11,13,15-16,19-20,22H,2-10,12,14,17-18H2,1H3,(H,30,33,34). The Morgan fingerprint density at radius 3 is 2.83 bits per heavy atom. The number of unbranched alkanes of at least 4 members (excludes halogenated alkanes) is 2. The topological polar surface area (TPSA) is 86.1 Å². The lowest BCUT2D eigenvalue weighted by atomic mass is 9.92. The fraction of sp³-hybridized carbons (Fsp3) is 0.630. The van der Waals surface area contributed by atoms with Crippen molar-refractivity contribution in [3.63, 3.8) is 0 Å². The lowest BCUT2D eigenvalue weighted by molar-refractivity contribution is -0.136. The smallest absolute Gasteiger partial charge is 0.229 e. The average molecular weight is 485 g/mol. The number of nitrogens with zero attached hydrogens (tertiary/aromatic N) is 3. The van der Waals surface area contributed by atoms with E-state index in [-0.39, 0.29) is 29.5 Å². The summed E-state index contributed by atoms with van der Waals surface area (Å²) in [5.41, 5.74) is 2.17. The molecule has 1 aromatic heterocycles. The zero-order chi connectivity index (χ0) is 24.6. The molecule has 1 aliphatic heterocycles. The molecule has 1 N–H and O–H groups in total. The molecule has 1 saturated carbocycles. The van der Waals surface area contributed by atoms with Crippen LogP contribution >= 0.6 is 0 Å². The van der Waals surface area contributed by atoms with Gasteiger partial charge in [-0.05, 0) is 68.6 Å². The van der Waals surface area contributed by atoms with Gasteiger partial charge in [-0.15, -0.1) is 5.10 Å². The molecule has 2 atom stereocenters. The Bertz CT molecular complexity index is 1000. The molecule has 2 aromatic rings. The molecule has 0 spiro atoms. The Labute approximate surface area is 206 Å². The van der Waals surface area contributed by atoms with E-state index in [0.717, 1.165) is 56.2 Å². The number of hydrogen-bond acceptors (Lipinski definition) is 5. The molecule has 0 radical (unpaired) electrons. The summed E-state index contributed by atoms with van der Waals surface area (Å²) in [5, 5.41) is 10.9. The van der Waals surface area contributed by atoms with Gasteiger partial charge in [0.1, 0.15) is 0 Å². The van der Waals surface area contributed by atoms with Gasteiger partial charge in [0.25, 0.3) is 0 Å². The number of aromatic nitrogens is 3. The highest BCUT2D eigenvalue weighted by Crippen LogP contribution is 2.32. The first-order valence-electron chi connectivity index (χ1n) is 13.2. The lowest BCUT2D eigenvalue weighted by Crippen LogP contribution is -2.40. The van der Waals surface area contributed by atoms with Crippen LogP contribution in [0.2, 0.25) is 0 Å². The first kappa shape index (κ1) is 25.3. The molecular weight excluding hydrogens is 447 g/mol. The van der Waals surface area contributed by atoms with Gasteiger partial charge < -0.3 is 4.74 Å². The predicted octanol–water partition coefficient (Wildman–Crippen LogP) is 4.95. The van der Waals surface area contributed by atoms with Crippen LogP contribution in [-0.4, -0.2) is 33.4 Å². The molecule has 2 aliphatic rings. The van der Waals surface area contributed by atoms with Gasteiger partial charge >= 0.3 is 0 Å². The van der Waals surface area contributed by atoms with E-state index in [9.17, 15) is 14.0 Å². The van der Waals surface area contributed by atoms with Gasteiger partial charge in [-0.3, -0.25) is 14.9 Å². The molecule has 1 aromatic carbocycles. The van der Waals surface area contributed by atoms with Crippen molar-refractivity contribution in [1.29, 1.82) is 0 Å². The second-order valence-corrected chi connectivity index (χ2v) is 10.1. The number of nitrogens with one attached hydrogen (secondary N) is 1. The number of carbonyl (C=O) groups excluding carboxylic acids is 2. The number of carbonyl (C=O) groups is 2. The highest BCUT2D eigenvalue weighted by molar-refractivity contribution is 5.98. The van der Waals surface area contributed by atoms with E-state index in [4.69, 9.17) is 4.74 Å². The molecule has 4 rings (SSSR count). The number of halogens is 1. The SMILES string of the molecule is CCCC(Cn1nncc1CCCCCC1CCC(=O)NC1=O)c1ccc(F)c(OCC2CC2)c1. The van der Waals surface area contributed by atoms with E-state index < -0.39 is 0 Å². The third-order valence-electron chi connectivity index (χ3n) is 7.17. The van der Waals surface area contributed by atoms with Crippen LogP contribution < -0.4 is 10.1 Å². The Kier molecular flexibility index (Phi) is 8.88. The van der Waals surface area contributed by atoms with Gasteiger partial charge in [0.2, 0.25) is 11.8 Å². The second kappa shape index (κ2) is 12.3. The highest BCUT2D eigenvalue weighted by atomic mass is 19.1. The summed E-state index contributed by atoms with van der Waals surface area (Å²) in [5.74, 6) is 0.517. The van der Waals surface area contributed by atoms with Crippen LogP contribution in [0, 0.1) is 17.7 Å². The Morgan fingerprint density at radius 1 is 1.20 bits per heavy atom. The van der Waals surface area contributed by atoms with Crippen LogP contribution in [0.3, 0.4) is 0 Å². The Morgan fingerprint density at radius 2 is 2.06 bits per heavy atom. The van der Waals surface area contributed by atoms with Gasteiger partial charge in [-0.1, -0.05) is 37.5 Å². The summed E-state index contributed by atoms with van der Waals surface area (Å²) in [4.78, 5) is 23.2. The molecule has 0 bridgehead atoms. The monoisotopic (exact) mass is 484 g/mol. The third kappa shape index (κ3) is 7.36. The number of amides is 2. The Balaban J connectivity index is 1.29. The van der Waals surface area contributed by atoms with E-state index in [1.807, 2.05) is 23.0 Å². The van der Waals surface area contributed by atoms with Crippen molar-refractivity contribution in [3.05, 3.63) is 41.5 Å². The van der Waals surface area contributed by atoms with Crippen LogP contribution in [-0.2, 0) is 22.6 Å². The summed E-state index contributed by atoms with van der Waals surface area (Å²) in [7, 11) is 0. The van der Waals surface area contributed by atoms with Crippen molar-refractivity contribution in [2.24, 2.45) is 11.8 Å². The highest BCUT2D eigenvalue weighted by Gasteiger charge is 2.26. The summed E-state index contributed by atoms with van der Waals surface area (Å²) < 4.78 is 22.1. The van der Waals surface area contributed by atoms with E-state index in [0.29, 0.717) is 37.7 Å². The summed E-state index contributed by atoms with van der Waals surface area (Å²) >= 11 is 0. The van der Waals surface area contributed by atoms with Crippen molar-refractivity contribution in [2.45, 2.75) is 90.0 Å². The van der Waals surface area contributed by atoms with E-state index in [1.54, 1.807) is 0 Å². The number of rotatable bonds is 14. The fourth-order valence-electron chi connectivity index (χ4n) is 4.81. The molecule has 8 heteroatoms. The largest absolute Gasteiger partial charge is 0.490 e. The number of imide groups is 1. The maximum Gasteiger partial charge on any atom is 0.229 e. The predicted molar refractivity (Wildman–Crippen MR) is 130 cm³/mol. The minimum atomic E-state index is -0.302. The minimum absolute atomic E-state index is 0.0384. The number of piperidine rings is 1. The van der Waals surface area contributed by atoms with Crippen molar-refractivity contribution < 1.29 is 18.7 Å². The third-order valence-corrected chi connectivity index (χ3v) is 7.17. The van der Waals surface area contributed by atoms with Gasteiger partial charge in [-0.25, -0.2) is 9.07 Å². The maximum absolute atomic E-state index is 14.3. The molecule has 1 saturated heterocycles. The quantitative estimate of drug-likeness (QED) is 0.303. The average Bonchev–Trinajstić information content (AvgIpc) is 3.57. The lowest BCUT2D eigenvalue weighted by Gasteiger charge is -2.20. The molecule has 2 amide bonds. The van der Waals surface area contributed by atoms with Crippen molar-refractivity contribution in [2.75, 3.05) is 6.61 Å². The van der Waals surface area contributed by atoms with Gasteiger partial charge in [-0.2, -0.15) is 0 Å². The second-order valence-electron chi connectivity index (χ2n) is 10.1. The molecule has 35 heavy (non-hydrogen) atoms. The van der Waals surface area contributed by atoms with Crippen molar-refractivity contribution >= 4 is 11.8 Å². The molecule has 190 valence electrons. The zero-order valence-electron chi connectivity index (χ0n) is 20.7. The van der Waals surface area contributed by atoms with E-state index in [1.165, 1.54) is 18.9 Å². The fourth-order valence-corrected chi connectivity index (χ4v) is 4.81. The molecule has 2 fully saturated rings. The van der Waals surface area contributed by atoms with Crippen molar-refractivity contribution in [1.82, 2.24) is 20.3 Å². The van der Waals surface area contributed by atoms with Crippen LogP contribution in [0.25, 0.3) is 0 Å². The van der Waals surface area contributed by atoms with Crippen molar-refractivity contribution in [3.8, 4) is 5.75 Å². The number of hydrogen-bond donors (Lipinski definition) is 1. The normalized spacial score (nSPS) is 19.0. The number of benzene rings is 1. The van der Waals surface area contributed by atoms with Crippen LogP contribution in [0.5, 0.6) is 5.75 Å². The van der Waals surface area contributed by atoms with Gasteiger partial charge in [0.05, 0.1) is 18.5 Å². The summed E-state index contributed by atoms with van der Waals surface area (Å²) in [6, 6.07) is 5.25. The molecule has 7 nitrogen and oxygen atoms in total. The molecule has 2 unspecified atom stereocenters. The first-order chi connectivity index (χ1) is 17.0. The summed E-state index contributed by atoms with van der Waals surface area (Å²) in [6.45, 7) is 3.45. The Hall–Kier alpha value is -2.77. The van der Waals surface area contributed by atoms with Crippen LogP contribution in [0.1, 0.15) is 88.3 Å².